The summed E-state index contributed by atoms with van der Waals surface area (Å²) in [6.07, 6.45) is 0. The lowest BCUT2D eigenvalue weighted by Gasteiger charge is -2.15. The number of nitrogens with one attached hydrogen (secondary N) is 2. The van der Waals surface area contributed by atoms with Crippen LogP contribution in [0.4, 0.5) is 5.69 Å². The second kappa shape index (κ2) is 8.89. The van der Waals surface area contributed by atoms with Gasteiger partial charge in [0.1, 0.15) is 11.5 Å². The van der Waals surface area contributed by atoms with E-state index in [0.717, 1.165) is 0 Å². The smallest absolute Gasteiger partial charge is 0.228 e. The van der Waals surface area contributed by atoms with E-state index in [1.165, 1.54) is 14.2 Å². The van der Waals surface area contributed by atoms with Crippen LogP contribution in [0.1, 0.15) is 6.92 Å². The first kappa shape index (κ1) is 18.8. The number of hydrogen-bond donors (Lipinski definition) is 2. The summed E-state index contributed by atoms with van der Waals surface area (Å²) in [5, 5.41) is 6.17. The Morgan fingerprint density at radius 2 is 1.90 bits per heavy atom. The Bertz CT molecular complexity index is 455. The highest BCUT2D eigenvalue weighted by atomic mass is 35.5. The molecule has 1 aromatic carbocycles. The topological polar surface area (TPSA) is 59.6 Å². The van der Waals surface area contributed by atoms with Gasteiger partial charge in [-0.05, 0) is 13.1 Å². The molecule has 0 saturated carbocycles. The minimum Gasteiger partial charge on any atom is -0.495 e. The molecule has 0 aromatic heterocycles. The van der Waals surface area contributed by atoms with Gasteiger partial charge in [-0.1, -0.05) is 18.5 Å². The van der Waals surface area contributed by atoms with Crippen LogP contribution in [0.2, 0.25) is 5.02 Å². The van der Waals surface area contributed by atoms with Gasteiger partial charge in [0.2, 0.25) is 5.91 Å². The van der Waals surface area contributed by atoms with Crippen molar-refractivity contribution in [1.82, 2.24) is 5.32 Å². The number of carbonyl (C=O) groups excluding carboxylic acids is 1. The molecule has 2 N–H and O–H groups in total. The van der Waals surface area contributed by atoms with E-state index in [4.69, 9.17) is 21.1 Å². The molecule has 0 radical (unpaired) electrons. The van der Waals surface area contributed by atoms with Crippen LogP contribution in [0, 0.1) is 5.92 Å². The lowest BCUT2D eigenvalue weighted by atomic mass is 10.1. The van der Waals surface area contributed by atoms with E-state index >= 15 is 0 Å². The van der Waals surface area contributed by atoms with Crippen molar-refractivity contribution in [2.45, 2.75) is 6.92 Å². The van der Waals surface area contributed by atoms with Crippen molar-refractivity contribution < 1.29 is 14.3 Å². The van der Waals surface area contributed by atoms with Gasteiger partial charge in [-0.15, -0.1) is 12.4 Å². The highest BCUT2D eigenvalue weighted by Crippen LogP contribution is 2.35. The number of amides is 1. The SMILES string of the molecule is CNCC(C)C(=O)Nc1cc(Cl)c(OC)cc1OC.Cl. The monoisotopic (exact) mass is 322 g/mol. The number of halogens is 2. The third-order valence-electron chi connectivity index (χ3n) is 2.69. The van der Waals surface area contributed by atoms with Crippen LogP contribution >= 0.6 is 24.0 Å². The summed E-state index contributed by atoms with van der Waals surface area (Å²) in [4.78, 5) is 12.0. The third kappa shape index (κ3) is 4.74. The quantitative estimate of drug-likeness (QED) is 0.845. The zero-order valence-electron chi connectivity index (χ0n) is 12.0. The summed E-state index contributed by atoms with van der Waals surface area (Å²) in [6, 6.07) is 3.25. The third-order valence-corrected chi connectivity index (χ3v) is 2.99. The summed E-state index contributed by atoms with van der Waals surface area (Å²) < 4.78 is 10.3. The van der Waals surface area contributed by atoms with Crippen LogP contribution in [0.15, 0.2) is 12.1 Å². The van der Waals surface area contributed by atoms with Crippen molar-refractivity contribution in [2.24, 2.45) is 5.92 Å². The van der Waals surface area contributed by atoms with Gasteiger partial charge in [0.25, 0.3) is 0 Å². The van der Waals surface area contributed by atoms with E-state index < -0.39 is 0 Å². The van der Waals surface area contributed by atoms with Gasteiger partial charge in [-0.3, -0.25) is 4.79 Å². The highest BCUT2D eigenvalue weighted by molar-refractivity contribution is 6.32. The second-order valence-electron chi connectivity index (χ2n) is 4.14. The van der Waals surface area contributed by atoms with E-state index in [-0.39, 0.29) is 24.2 Å². The molecule has 0 fully saturated rings. The first-order chi connectivity index (χ1) is 9.03. The first-order valence-electron chi connectivity index (χ1n) is 5.90. The van der Waals surface area contributed by atoms with E-state index in [2.05, 4.69) is 10.6 Å². The normalized spacial score (nSPS) is 11.2. The van der Waals surface area contributed by atoms with Crippen LogP contribution in [0.3, 0.4) is 0 Å². The van der Waals surface area contributed by atoms with Gasteiger partial charge in [0.05, 0.1) is 24.9 Å². The van der Waals surface area contributed by atoms with Gasteiger partial charge < -0.3 is 20.1 Å². The minimum atomic E-state index is -0.157. The lowest BCUT2D eigenvalue weighted by molar-refractivity contribution is -0.119. The molecule has 0 spiro atoms. The average Bonchev–Trinajstić information content (AvgIpc) is 2.39. The maximum absolute atomic E-state index is 12.0. The Labute approximate surface area is 130 Å². The number of carbonyl (C=O) groups is 1. The molecule has 20 heavy (non-hydrogen) atoms. The van der Waals surface area contributed by atoms with Crippen molar-refractivity contribution in [2.75, 3.05) is 33.1 Å². The molecule has 7 heteroatoms. The minimum absolute atomic E-state index is 0. The molecule has 1 unspecified atom stereocenters. The van der Waals surface area contributed by atoms with Gasteiger partial charge in [0, 0.05) is 18.5 Å². The fourth-order valence-electron chi connectivity index (χ4n) is 1.61. The molecule has 0 aliphatic carbocycles. The van der Waals surface area contributed by atoms with Gasteiger partial charge >= 0.3 is 0 Å². The molecular weight excluding hydrogens is 303 g/mol. The molecule has 0 saturated heterocycles. The fraction of sp³-hybridized carbons (Fsp3) is 0.462. The maximum atomic E-state index is 12.0. The van der Waals surface area contributed by atoms with Crippen LogP contribution in [-0.4, -0.2) is 33.7 Å². The van der Waals surface area contributed by atoms with Crippen LogP contribution in [0.25, 0.3) is 0 Å². The van der Waals surface area contributed by atoms with Crippen molar-refractivity contribution in [3.05, 3.63) is 17.2 Å². The Kier molecular flexibility index (Phi) is 8.37. The number of anilines is 1. The predicted octanol–water partition coefficient (Wildman–Crippen LogP) is 2.57. The molecular formula is C13H20Cl2N2O3. The van der Waals surface area contributed by atoms with Crippen molar-refractivity contribution >= 4 is 35.6 Å². The number of rotatable bonds is 6. The molecule has 0 aliphatic rings. The van der Waals surface area contributed by atoms with Crippen molar-refractivity contribution in [3.8, 4) is 11.5 Å². The van der Waals surface area contributed by atoms with Gasteiger partial charge in [-0.2, -0.15) is 0 Å². The van der Waals surface area contributed by atoms with Crippen LogP contribution in [-0.2, 0) is 4.79 Å². The number of ether oxygens (including phenoxy) is 2. The second-order valence-corrected chi connectivity index (χ2v) is 4.54. The number of benzene rings is 1. The maximum Gasteiger partial charge on any atom is 0.228 e. The zero-order chi connectivity index (χ0) is 14.4. The van der Waals surface area contributed by atoms with Gasteiger partial charge in [0.15, 0.2) is 0 Å². The number of methoxy groups -OCH3 is 2. The molecule has 1 rings (SSSR count). The number of hydrogen-bond acceptors (Lipinski definition) is 4. The molecule has 1 atom stereocenters. The molecule has 0 heterocycles. The Morgan fingerprint density at radius 1 is 1.30 bits per heavy atom. The Balaban J connectivity index is 0.00000361. The van der Waals surface area contributed by atoms with E-state index in [1.54, 1.807) is 19.2 Å². The van der Waals surface area contributed by atoms with E-state index in [9.17, 15) is 4.79 Å². The Morgan fingerprint density at radius 3 is 2.40 bits per heavy atom. The lowest BCUT2D eigenvalue weighted by Crippen LogP contribution is -2.28. The summed E-state index contributed by atoms with van der Waals surface area (Å²) in [5.74, 6) is 0.746. The van der Waals surface area contributed by atoms with E-state index in [1.807, 2.05) is 6.92 Å². The average molecular weight is 323 g/mol. The summed E-state index contributed by atoms with van der Waals surface area (Å²) in [7, 11) is 4.85. The molecule has 5 nitrogen and oxygen atoms in total. The summed E-state index contributed by atoms with van der Waals surface area (Å²) >= 11 is 6.04. The summed E-state index contributed by atoms with van der Waals surface area (Å²) in [6.45, 7) is 2.43. The molecule has 1 aromatic rings. The molecule has 0 bridgehead atoms. The van der Waals surface area contributed by atoms with Crippen LogP contribution in [0.5, 0.6) is 11.5 Å². The van der Waals surface area contributed by atoms with Crippen molar-refractivity contribution in [1.29, 1.82) is 0 Å². The highest BCUT2D eigenvalue weighted by Gasteiger charge is 2.16. The Hall–Kier alpha value is -1.17. The van der Waals surface area contributed by atoms with Crippen molar-refractivity contribution in [3.63, 3.8) is 0 Å². The van der Waals surface area contributed by atoms with Crippen LogP contribution < -0.4 is 20.1 Å². The van der Waals surface area contributed by atoms with E-state index in [0.29, 0.717) is 28.8 Å². The summed E-state index contributed by atoms with van der Waals surface area (Å²) in [5.41, 5.74) is 0.529. The van der Waals surface area contributed by atoms with Gasteiger partial charge in [-0.25, -0.2) is 0 Å². The standard InChI is InChI=1S/C13H19ClN2O3.ClH/c1-8(7-15-2)13(17)16-10-5-9(14)11(18-3)6-12(10)19-4;/h5-6,8,15H,7H2,1-4H3,(H,16,17);1H. The zero-order valence-corrected chi connectivity index (χ0v) is 13.5. The predicted molar refractivity (Wildman–Crippen MR) is 83.5 cm³/mol. The molecule has 0 aliphatic heterocycles. The largest absolute Gasteiger partial charge is 0.495 e. The molecule has 114 valence electrons. The fourth-order valence-corrected chi connectivity index (χ4v) is 1.85. The first-order valence-corrected chi connectivity index (χ1v) is 6.28. The molecule has 1 amide bonds.